The van der Waals surface area contributed by atoms with Gasteiger partial charge in [0, 0.05) is 0 Å². The molecule has 3 heteroatoms. The first-order valence-corrected chi connectivity index (χ1v) is 11.2. The summed E-state index contributed by atoms with van der Waals surface area (Å²) in [5.41, 5.74) is 0. The molecule has 150 valence electrons. The van der Waals surface area contributed by atoms with Crippen molar-refractivity contribution < 1.29 is 13.5 Å². The molecule has 1 heterocycles. The lowest BCUT2D eigenvalue weighted by Gasteiger charge is -2.53. The van der Waals surface area contributed by atoms with Crippen LogP contribution in [0, 0.1) is 29.6 Å². The SMILES string of the molecule is CC=CCCC1CCC([C@H]2[C@H](C3CCC(CCC)CC3)OC2(F)F)CC1. The van der Waals surface area contributed by atoms with Gasteiger partial charge in [-0.2, -0.15) is 8.78 Å². The van der Waals surface area contributed by atoms with Crippen molar-refractivity contribution in [3.8, 4) is 0 Å². The number of halogens is 2. The Bertz CT molecular complexity index is 445. The molecule has 0 N–H and O–H groups in total. The summed E-state index contributed by atoms with van der Waals surface area (Å²) in [5.74, 6) is 1.60. The summed E-state index contributed by atoms with van der Waals surface area (Å²) in [6.45, 7) is 4.30. The van der Waals surface area contributed by atoms with Crippen LogP contribution in [-0.2, 0) is 4.74 Å². The van der Waals surface area contributed by atoms with E-state index < -0.39 is 12.0 Å². The van der Waals surface area contributed by atoms with E-state index in [1.165, 1.54) is 32.1 Å². The Kier molecular flexibility index (Phi) is 7.16. The Balaban J connectivity index is 1.50. The highest BCUT2D eigenvalue weighted by Gasteiger charge is 2.62. The summed E-state index contributed by atoms with van der Waals surface area (Å²) in [6.07, 6.45) is 15.0. The fraction of sp³-hybridized carbons (Fsp3) is 0.913. The molecule has 2 aliphatic carbocycles. The minimum absolute atomic E-state index is 0.169. The molecule has 1 saturated heterocycles. The number of rotatable bonds is 7. The van der Waals surface area contributed by atoms with Crippen LogP contribution in [0.5, 0.6) is 0 Å². The predicted octanol–water partition coefficient (Wildman–Crippen LogP) is 7.36. The third-order valence-corrected chi connectivity index (χ3v) is 7.46. The molecule has 2 atom stereocenters. The number of hydrogen-bond donors (Lipinski definition) is 0. The minimum atomic E-state index is -2.87. The van der Waals surface area contributed by atoms with Crippen LogP contribution in [-0.4, -0.2) is 12.2 Å². The standard InChI is InChI=1S/C23H38F2O/c1-3-5-6-8-18-9-13-19(14-10-18)21-22(26-23(21,24)25)20-15-11-17(7-4-2)12-16-20/h3,5,17-22H,4,6-16H2,1-2H3/t17?,18?,19?,20?,21-,22-/m0/s1. The summed E-state index contributed by atoms with van der Waals surface area (Å²) in [7, 11) is 0. The molecule has 0 spiro atoms. The van der Waals surface area contributed by atoms with Gasteiger partial charge < -0.3 is 4.74 Å². The van der Waals surface area contributed by atoms with E-state index in [2.05, 4.69) is 26.0 Å². The first-order valence-electron chi connectivity index (χ1n) is 11.2. The van der Waals surface area contributed by atoms with E-state index in [1.807, 2.05) is 0 Å². The lowest BCUT2D eigenvalue weighted by atomic mass is 9.65. The van der Waals surface area contributed by atoms with E-state index in [0.29, 0.717) is 5.92 Å². The van der Waals surface area contributed by atoms with Crippen molar-refractivity contribution >= 4 is 0 Å². The van der Waals surface area contributed by atoms with Crippen molar-refractivity contribution in [2.45, 2.75) is 103 Å². The van der Waals surface area contributed by atoms with Gasteiger partial charge in [0.1, 0.15) is 0 Å². The van der Waals surface area contributed by atoms with E-state index >= 15 is 0 Å². The summed E-state index contributed by atoms with van der Waals surface area (Å²) in [6, 6.07) is 0. The number of hydrogen-bond acceptors (Lipinski definition) is 1. The molecule has 0 aromatic heterocycles. The lowest BCUT2D eigenvalue weighted by molar-refractivity contribution is -0.418. The van der Waals surface area contributed by atoms with E-state index in [0.717, 1.165) is 56.8 Å². The fourth-order valence-electron chi connectivity index (χ4n) is 5.93. The monoisotopic (exact) mass is 368 g/mol. The Morgan fingerprint density at radius 2 is 1.46 bits per heavy atom. The second kappa shape index (κ2) is 9.17. The highest BCUT2D eigenvalue weighted by molar-refractivity contribution is 4.98. The van der Waals surface area contributed by atoms with Crippen LogP contribution in [0.15, 0.2) is 12.2 Å². The van der Waals surface area contributed by atoms with Crippen molar-refractivity contribution in [1.82, 2.24) is 0 Å². The van der Waals surface area contributed by atoms with Gasteiger partial charge in [0.2, 0.25) is 0 Å². The molecular weight excluding hydrogens is 330 g/mol. The number of allylic oxidation sites excluding steroid dienone is 2. The van der Waals surface area contributed by atoms with Gasteiger partial charge >= 0.3 is 6.11 Å². The van der Waals surface area contributed by atoms with Gasteiger partial charge in [-0.05, 0) is 69.1 Å². The van der Waals surface area contributed by atoms with Crippen LogP contribution in [0.25, 0.3) is 0 Å². The van der Waals surface area contributed by atoms with Crippen LogP contribution in [0.4, 0.5) is 8.78 Å². The highest BCUT2D eigenvalue weighted by atomic mass is 19.3. The molecule has 1 aliphatic heterocycles. The topological polar surface area (TPSA) is 9.23 Å². The molecule has 2 saturated carbocycles. The Morgan fingerprint density at radius 3 is 2.00 bits per heavy atom. The van der Waals surface area contributed by atoms with Crippen LogP contribution in [0.2, 0.25) is 0 Å². The molecule has 3 fully saturated rings. The summed E-state index contributed by atoms with van der Waals surface area (Å²) in [4.78, 5) is 0. The third-order valence-electron chi connectivity index (χ3n) is 7.46. The maximum Gasteiger partial charge on any atom is 0.361 e. The Labute approximate surface area is 159 Å². The normalized spacial score (nSPS) is 40.5. The van der Waals surface area contributed by atoms with Gasteiger partial charge in [-0.25, -0.2) is 0 Å². The fourth-order valence-corrected chi connectivity index (χ4v) is 5.93. The Hall–Kier alpha value is -0.440. The van der Waals surface area contributed by atoms with Crippen molar-refractivity contribution in [3.05, 3.63) is 12.2 Å². The molecule has 0 bridgehead atoms. The Morgan fingerprint density at radius 1 is 0.885 bits per heavy atom. The van der Waals surface area contributed by atoms with Crippen LogP contribution < -0.4 is 0 Å². The zero-order valence-electron chi connectivity index (χ0n) is 16.8. The smallest absolute Gasteiger partial charge is 0.316 e. The zero-order chi connectivity index (χ0) is 18.6. The van der Waals surface area contributed by atoms with Gasteiger partial charge in [-0.15, -0.1) is 0 Å². The first kappa shape index (κ1) is 20.3. The summed E-state index contributed by atoms with van der Waals surface area (Å²) in [5, 5.41) is 0. The largest absolute Gasteiger partial charge is 0.361 e. The summed E-state index contributed by atoms with van der Waals surface area (Å²) < 4.78 is 33.8. The van der Waals surface area contributed by atoms with Crippen LogP contribution in [0.3, 0.4) is 0 Å². The highest BCUT2D eigenvalue weighted by Crippen LogP contribution is 2.55. The number of ether oxygens (including phenoxy) is 1. The minimum Gasteiger partial charge on any atom is -0.316 e. The zero-order valence-corrected chi connectivity index (χ0v) is 16.8. The second-order valence-electron chi connectivity index (χ2n) is 9.17. The molecule has 0 radical (unpaired) electrons. The third kappa shape index (κ3) is 4.69. The second-order valence-corrected chi connectivity index (χ2v) is 9.17. The van der Waals surface area contributed by atoms with Crippen molar-refractivity contribution in [3.63, 3.8) is 0 Å². The molecule has 26 heavy (non-hydrogen) atoms. The molecule has 3 rings (SSSR count). The summed E-state index contributed by atoms with van der Waals surface area (Å²) >= 11 is 0. The molecule has 3 aliphatic rings. The average Bonchev–Trinajstić information content (AvgIpc) is 2.63. The molecule has 1 nitrogen and oxygen atoms in total. The van der Waals surface area contributed by atoms with Gasteiger partial charge in [-0.1, -0.05) is 57.6 Å². The van der Waals surface area contributed by atoms with Gasteiger partial charge in [-0.3, -0.25) is 0 Å². The van der Waals surface area contributed by atoms with E-state index in [9.17, 15) is 8.78 Å². The lowest BCUT2D eigenvalue weighted by Crippen LogP contribution is -2.61. The van der Waals surface area contributed by atoms with E-state index in [-0.39, 0.29) is 12.0 Å². The predicted molar refractivity (Wildman–Crippen MR) is 103 cm³/mol. The van der Waals surface area contributed by atoms with Gasteiger partial charge in [0.05, 0.1) is 12.0 Å². The van der Waals surface area contributed by atoms with E-state index in [4.69, 9.17) is 4.74 Å². The molecule has 0 aromatic carbocycles. The maximum absolute atomic E-state index is 14.3. The quantitative estimate of drug-likeness (QED) is 0.426. The molecular formula is C23H38F2O. The molecule has 0 amide bonds. The van der Waals surface area contributed by atoms with Gasteiger partial charge in [0.15, 0.2) is 0 Å². The van der Waals surface area contributed by atoms with Crippen molar-refractivity contribution in [2.75, 3.05) is 0 Å². The maximum atomic E-state index is 14.3. The van der Waals surface area contributed by atoms with E-state index in [1.54, 1.807) is 0 Å². The van der Waals surface area contributed by atoms with Crippen LogP contribution >= 0.6 is 0 Å². The van der Waals surface area contributed by atoms with Crippen molar-refractivity contribution in [1.29, 1.82) is 0 Å². The first-order chi connectivity index (χ1) is 12.5. The molecule has 0 unspecified atom stereocenters. The van der Waals surface area contributed by atoms with Gasteiger partial charge in [0.25, 0.3) is 0 Å². The molecule has 0 aromatic rings. The average molecular weight is 369 g/mol. The van der Waals surface area contributed by atoms with Crippen LogP contribution in [0.1, 0.15) is 90.9 Å². The number of alkyl halides is 2. The van der Waals surface area contributed by atoms with Crippen molar-refractivity contribution in [2.24, 2.45) is 29.6 Å².